The maximum atomic E-state index is 12.4. The van der Waals surface area contributed by atoms with Gasteiger partial charge in [0.1, 0.15) is 0 Å². The van der Waals surface area contributed by atoms with Crippen LogP contribution in [-0.2, 0) is 9.47 Å². The molecule has 0 radical (unpaired) electrons. The fraction of sp³-hybridized carbons (Fsp3) is 0. The summed E-state index contributed by atoms with van der Waals surface area (Å²) in [5.41, 5.74) is 0. The molecule has 0 atom stereocenters. The highest BCUT2D eigenvalue weighted by Crippen LogP contribution is 2.28. The van der Waals surface area contributed by atoms with Gasteiger partial charge in [0.05, 0.1) is 0 Å². The predicted octanol–water partition coefficient (Wildman–Crippen LogP) is 4.19. The van der Waals surface area contributed by atoms with Crippen LogP contribution in [0.2, 0.25) is 0 Å². The van der Waals surface area contributed by atoms with E-state index in [2.05, 4.69) is 25.5 Å². The number of para-hydroxylation sites is 2. The van der Waals surface area contributed by atoms with Gasteiger partial charge < -0.3 is 18.9 Å². The Labute approximate surface area is 120 Å². The molecule has 0 heterocycles. The van der Waals surface area contributed by atoms with Crippen LogP contribution in [0.15, 0.2) is 49.0 Å². The Balaban J connectivity index is 2.79. The van der Waals surface area contributed by atoms with E-state index in [1.165, 1.54) is 12.1 Å². The van der Waals surface area contributed by atoms with Crippen molar-refractivity contribution in [2.75, 3.05) is 0 Å². The maximum absolute atomic E-state index is 12.4. The quantitative estimate of drug-likeness (QED) is 0.358. The predicted molar refractivity (Wildman–Crippen MR) is 61.3 cm³/mol. The molecule has 0 aliphatic rings. The molecule has 0 saturated heterocycles. The van der Waals surface area contributed by atoms with Crippen LogP contribution < -0.4 is 9.47 Å². The zero-order chi connectivity index (χ0) is 16.7. The second kappa shape index (κ2) is 7.67. The van der Waals surface area contributed by atoms with Gasteiger partial charge in [-0.25, -0.2) is 9.59 Å². The van der Waals surface area contributed by atoms with Gasteiger partial charge in [0.15, 0.2) is 11.5 Å². The van der Waals surface area contributed by atoms with E-state index >= 15 is 0 Å². The number of ether oxygens (including phenoxy) is 4. The first-order chi connectivity index (χ1) is 10.3. The average molecular weight is 322 g/mol. The number of carbonyl (C=O) groups is 2. The summed E-state index contributed by atoms with van der Waals surface area (Å²) in [5.74, 6) is -0.947. The summed E-state index contributed by atoms with van der Waals surface area (Å²) < 4.78 is 64.3. The summed E-state index contributed by atoms with van der Waals surface area (Å²) >= 11 is 0. The Morgan fingerprint density at radius 1 is 0.864 bits per heavy atom. The number of benzene rings is 1. The summed E-state index contributed by atoms with van der Waals surface area (Å²) in [4.78, 5) is 22.1. The van der Waals surface area contributed by atoms with Crippen molar-refractivity contribution < 1.29 is 46.1 Å². The number of carbonyl (C=O) groups excluding carboxylic acids is 2. The molecule has 0 spiro atoms. The molecule has 0 unspecified atom stereocenters. The molecular formula is C12H6F4O6. The molecule has 6 nitrogen and oxygen atoms in total. The van der Waals surface area contributed by atoms with E-state index in [0.717, 1.165) is 12.1 Å². The van der Waals surface area contributed by atoms with E-state index < -0.39 is 41.9 Å². The number of hydrogen-bond acceptors (Lipinski definition) is 6. The fourth-order valence-corrected chi connectivity index (χ4v) is 1.04. The molecule has 0 aliphatic heterocycles. The minimum atomic E-state index is -2.87. The van der Waals surface area contributed by atoms with Crippen LogP contribution in [-0.4, -0.2) is 12.3 Å². The molecule has 0 saturated carbocycles. The molecule has 0 fully saturated rings. The maximum Gasteiger partial charge on any atom is 0.521 e. The molecule has 22 heavy (non-hydrogen) atoms. The Bertz CT molecular complexity index is 624. The first-order valence-electron chi connectivity index (χ1n) is 5.23. The van der Waals surface area contributed by atoms with Gasteiger partial charge in [-0.15, -0.1) is 0 Å². The van der Waals surface area contributed by atoms with Crippen molar-refractivity contribution in [1.29, 1.82) is 0 Å². The van der Waals surface area contributed by atoms with E-state index in [1.807, 2.05) is 0 Å². The van der Waals surface area contributed by atoms with E-state index in [0.29, 0.717) is 0 Å². The van der Waals surface area contributed by atoms with Crippen LogP contribution in [0.4, 0.5) is 27.2 Å². The van der Waals surface area contributed by atoms with Crippen LogP contribution in [0.25, 0.3) is 0 Å². The minimum absolute atomic E-state index is 0.448. The first kappa shape index (κ1) is 17.0. The van der Waals surface area contributed by atoms with Crippen LogP contribution in [0.1, 0.15) is 0 Å². The summed E-state index contributed by atoms with van der Waals surface area (Å²) in [6, 6.07) is 0.878. The van der Waals surface area contributed by atoms with E-state index in [1.54, 1.807) is 0 Å². The Hall–Kier alpha value is -3.04. The molecule has 1 rings (SSSR count). The van der Waals surface area contributed by atoms with Gasteiger partial charge in [0, 0.05) is 0 Å². The Morgan fingerprint density at radius 2 is 1.32 bits per heavy atom. The van der Waals surface area contributed by atoms with E-state index in [4.69, 9.17) is 0 Å². The molecular weight excluding hydrogens is 316 g/mol. The van der Waals surface area contributed by atoms with Crippen LogP contribution >= 0.6 is 0 Å². The minimum Gasteiger partial charge on any atom is -0.391 e. The van der Waals surface area contributed by atoms with E-state index in [9.17, 15) is 27.2 Å². The average Bonchev–Trinajstić information content (AvgIpc) is 2.39. The normalized spacial score (nSPS) is 9.45. The highest BCUT2D eigenvalue weighted by molar-refractivity contribution is 5.69. The van der Waals surface area contributed by atoms with Gasteiger partial charge >= 0.3 is 24.4 Å². The molecule has 118 valence electrons. The monoisotopic (exact) mass is 322 g/mol. The topological polar surface area (TPSA) is 71.1 Å². The summed E-state index contributed by atoms with van der Waals surface area (Å²) in [6.45, 7) is 2.64. The molecule has 10 heteroatoms. The SMILES string of the molecule is C=C(F)OC(=O)Oc1ccccc1OC(=O)OC(F)=C(F)F. The summed E-state index contributed by atoms with van der Waals surface area (Å²) in [6.07, 6.45) is -6.27. The molecule has 1 aromatic rings. The molecule has 0 bridgehead atoms. The lowest BCUT2D eigenvalue weighted by molar-refractivity contribution is 0.0894. The smallest absolute Gasteiger partial charge is 0.391 e. The first-order valence-corrected chi connectivity index (χ1v) is 5.23. The van der Waals surface area contributed by atoms with Crippen molar-refractivity contribution in [3.63, 3.8) is 0 Å². The largest absolute Gasteiger partial charge is 0.521 e. The highest BCUT2D eigenvalue weighted by Gasteiger charge is 2.18. The van der Waals surface area contributed by atoms with Crippen LogP contribution in [0, 0.1) is 0 Å². The zero-order valence-electron chi connectivity index (χ0n) is 10.5. The Morgan fingerprint density at radius 3 is 1.73 bits per heavy atom. The molecule has 0 aliphatic carbocycles. The second-order valence-corrected chi connectivity index (χ2v) is 3.24. The lowest BCUT2D eigenvalue weighted by Crippen LogP contribution is -2.13. The third kappa shape index (κ3) is 5.53. The van der Waals surface area contributed by atoms with Gasteiger partial charge in [0.25, 0.3) is 6.01 Å². The Kier molecular flexibility index (Phi) is 5.93. The molecule has 0 N–H and O–H groups in total. The summed E-state index contributed by atoms with van der Waals surface area (Å²) in [7, 11) is 0. The van der Waals surface area contributed by atoms with Crippen LogP contribution in [0.3, 0.4) is 0 Å². The van der Waals surface area contributed by atoms with Crippen molar-refractivity contribution >= 4 is 12.3 Å². The van der Waals surface area contributed by atoms with Crippen molar-refractivity contribution in [3.05, 3.63) is 49.0 Å². The molecule has 1 aromatic carbocycles. The lowest BCUT2D eigenvalue weighted by atomic mass is 10.3. The van der Waals surface area contributed by atoms with Gasteiger partial charge in [-0.05, 0) is 18.7 Å². The van der Waals surface area contributed by atoms with Crippen LogP contribution in [0.5, 0.6) is 11.5 Å². The number of hydrogen-bond donors (Lipinski definition) is 0. The fourth-order valence-electron chi connectivity index (χ4n) is 1.04. The van der Waals surface area contributed by atoms with E-state index in [-0.39, 0.29) is 0 Å². The number of rotatable bonds is 4. The van der Waals surface area contributed by atoms with Crippen molar-refractivity contribution in [1.82, 2.24) is 0 Å². The second-order valence-electron chi connectivity index (χ2n) is 3.24. The van der Waals surface area contributed by atoms with Gasteiger partial charge in [-0.2, -0.15) is 17.6 Å². The number of halogens is 4. The molecule has 0 aromatic heterocycles. The van der Waals surface area contributed by atoms with Gasteiger partial charge in [0.2, 0.25) is 0 Å². The highest BCUT2D eigenvalue weighted by atomic mass is 19.3. The van der Waals surface area contributed by atoms with Crippen molar-refractivity contribution in [2.45, 2.75) is 0 Å². The summed E-state index contributed by atoms with van der Waals surface area (Å²) in [5, 5.41) is 0. The third-order valence-corrected chi connectivity index (χ3v) is 1.75. The zero-order valence-corrected chi connectivity index (χ0v) is 10.5. The third-order valence-electron chi connectivity index (χ3n) is 1.75. The van der Waals surface area contributed by atoms with Gasteiger partial charge in [-0.1, -0.05) is 12.1 Å². The van der Waals surface area contributed by atoms with Crippen molar-refractivity contribution in [3.8, 4) is 11.5 Å². The van der Waals surface area contributed by atoms with Gasteiger partial charge in [-0.3, -0.25) is 0 Å². The van der Waals surface area contributed by atoms with Crippen molar-refractivity contribution in [2.24, 2.45) is 0 Å². The lowest BCUT2D eigenvalue weighted by Gasteiger charge is -2.08. The molecule has 0 amide bonds. The standard InChI is InChI=1S/C12H6F4O6/c1-6(13)19-11(17)20-7-4-2-3-5-8(7)21-12(18)22-10(16)9(14)15/h2-5H,1H2.